The van der Waals surface area contributed by atoms with Crippen LogP contribution in [0.5, 0.6) is 5.75 Å². The molecule has 1 fully saturated rings. The van der Waals surface area contributed by atoms with Gasteiger partial charge in [-0.2, -0.15) is 0 Å². The van der Waals surface area contributed by atoms with Crippen LogP contribution in [0.1, 0.15) is 42.8 Å². The van der Waals surface area contributed by atoms with Gasteiger partial charge in [-0.25, -0.2) is 11.4 Å². The molecule has 7 nitrogen and oxygen atoms in total. The molecule has 1 aliphatic rings. The standard InChI is InChI=1S/C19H24N2O5/c1-19(2,3)26-18(23)21-8-9-25-17(12-21)13-6-7-14(15(22)11-20-4)16(10-13)24-5/h6-7,10,17H,8-9,11-12H2,1-3,5H3/t17-/m0/s1. The number of hydrogen-bond acceptors (Lipinski definition) is 5. The minimum atomic E-state index is -0.557. The number of benzene rings is 1. The molecule has 0 N–H and O–H groups in total. The zero-order valence-electron chi connectivity index (χ0n) is 15.6. The van der Waals surface area contributed by atoms with Gasteiger partial charge in [0, 0.05) is 6.54 Å². The number of morpholine rings is 1. The van der Waals surface area contributed by atoms with Crippen LogP contribution in [0, 0.1) is 6.57 Å². The summed E-state index contributed by atoms with van der Waals surface area (Å²) in [5.41, 5.74) is 0.612. The molecule has 0 saturated carbocycles. The van der Waals surface area contributed by atoms with Crippen molar-refractivity contribution in [3.05, 3.63) is 40.7 Å². The molecule has 140 valence electrons. The maximum absolute atomic E-state index is 12.3. The molecule has 0 bridgehead atoms. The van der Waals surface area contributed by atoms with E-state index < -0.39 is 5.60 Å². The summed E-state index contributed by atoms with van der Waals surface area (Å²) >= 11 is 0. The van der Waals surface area contributed by atoms with E-state index in [1.165, 1.54) is 7.11 Å². The van der Waals surface area contributed by atoms with E-state index in [4.69, 9.17) is 20.8 Å². The lowest BCUT2D eigenvalue weighted by atomic mass is 10.0. The fourth-order valence-electron chi connectivity index (χ4n) is 2.64. The topological polar surface area (TPSA) is 69.4 Å². The van der Waals surface area contributed by atoms with Crippen LogP contribution in [0.15, 0.2) is 18.2 Å². The van der Waals surface area contributed by atoms with Crippen LogP contribution in [-0.4, -0.2) is 55.7 Å². The molecule has 1 saturated heterocycles. The molecule has 7 heteroatoms. The molecule has 0 unspecified atom stereocenters. The number of ketones is 1. The van der Waals surface area contributed by atoms with Gasteiger partial charge in [0.2, 0.25) is 5.78 Å². The number of methoxy groups -OCH3 is 1. The Hall–Kier alpha value is -2.59. The maximum atomic E-state index is 12.3. The van der Waals surface area contributed by atoms with Gasteiger partial charge in [-0.3, -0.25) is 4.79 Å². The first-order chi connectivity index (χ1) is 12.2. The molecule has 0 aromatic heterocycles. The van der Waals surface area contributed by atoms with E-state index in [-0.39, 0.29) is 24.5 Å². The minimum absolute atomic E-state index is 0.220. The fraction of sp³-hybridized carbons (Fsp3) is 0.526. The highest BCUT2D eigenvalue weighted by atomic mass is 16.6. The zero-order valence-corrected chi connectivity index (χ0v) is 15.6. The third-order valence-corrected chi connectivity index (χ3v) is 3.84. The lowest BCUT2D eigenvalue weighted by Crippen LogP contribution is -2.44. The van der Waals surface area contributed by atoms with Gasteiger partial charge in [-0.05, 0) is 38.5 Å². The highest BCUT2D eigenvalue weighted by Crippen LogP contribution is 2.29. The molecular weight excluding hydrogens is 336 g/mol. The lowest BCUT2D eigenvalue weighted by Gasteiger charge is -2.34. The van der Waals surface area contributed by atoms with Gasteiger partial charge >= 0.3 is 6.09 Å². The van der Waals surface area contributed by atoms with E-state index in [0.717, 1.165) is 5.56 Å². The number of amides is 1. The Bertz CT molecular complexity index is 718. The van der Waals surface area contributed by atoms with E-state index >= 15 is 0 Å². The van der Waals surface area contributed by atoms with Crippen molar-refractivity contribution in [2.45, 2.75) is 32.5 Å². The van der Waals surface area contributed by atoms with Crippen LogP contribution in [-0.2, 0) is 9.47 Å². The summed E-state index contributed by atoms with van der Waals surface area (Å²) in [4.78, 5) is 29.0. The third-order valence-electron chi connectivity index (χ3n) is 3.84. The molecular formula is C19H24N2O5. The largest absolute Gasteiger partial charge is 0.496 e. The molecule has 1 aromatic rings. The SMILES string of the molecule is [C-]#[N+]CC(=O)c1ccc([C@@H]2CN(C(=O)OC(C)(C)C)CCO2)cc1OC. The average Bonchev–Trinajstić information content (AvgIpc) is 2.60. The summed E-state index contributed by atoms with van der Waals surface area (Å²) in [7, 11) is 1.47. The Morgan fingerprint density at radius 1 is 1.38 bits per heavy atom. The van der Waals surface area contributed by atoms with Crippen molar-refractivity contribution in [1.82, 2.24) is 4.90 Å². The fourth-order valence-corrected chi connectivity index (χ4v) is 2.64. The van der Waals surface area contributed by atoms with Gasteiger partial charge in [0.1, 0.15) is 17.5 Å². The Morgan fingerprint density at radius 2 is 2.12 bits per heavy atom. The summed E-state index contributed by atoms with van der Waals surface area (Å²) in [6, 6.07) is 5.13. The maximum Gasteiger partial charge on any atom is 0.410 e. The second kappa shape index (κ2) is 8.19. The van der Waals surface area contributed by atoms with E-state index in [1.54, 1.807) is 23.1 Å². The van der Waals surface area contributed by atoms with Crippen molar-refractivity contribution in [3.63, 3.8) is 0 Å². The molecule has 1 aromatic carbocycles. The van der Waals surface area contributed by atoms with Gasteiger partial charge in [-0.1, -0.05) is 6.07 Å². The molecule has 2 rings (SSSR count). The molecule has 1 amide bonds. The minimum Gasteiger partial charge on any atom is -0.496 e. The van der Waals surface area contributed by atoms with E-state index in [2.05, 4.69) is 4.85 Å². The van der Waals surface area contributed by atoms with Crippen LogP contribution in [0.2, 0.25) is 0 Å². The molecule has 26 heavy (non-hydrogen) atoms. The molecule has 0 aliphatic carbocycles. The summed E-state index contributed by atoms with van der Waals surface area (Å²) in [6.07, 6.45) is -0.711. The van der Waals surface area contributed by atoms with Crippen molar-refractivity contribution in [2.75, 3.05) is 33.4 Å². The predicted molar refractivity (Wildman–Crippen MR) is 95.3 cm³/mol. The molecule has 0 radical (unpaired) electrons. The quantitative estimate of drug-likeness (QED) is 0.610. The Labute approximate surface area is 153 Å². The van der Waals surface area contributed by atoms with Crippen LogP contribution >= 0.6 is 0 Å². The van der Waals surface area contributed by atoms with Crippen LogP contribution in [0.25, 0.3) is 4.85 Å². The Morgan fingerprint density at radius 3 is 2.73 bits per heavy atom. The van der Waals surface area contributed by atoms with Gasteiger partial charge in [-0.15, -0.1) is 0 Å². The highest BCUT2D eigenvalue weighted by Gasteiger charge is 2.29. The summed E-state index contributed by atoms with van der Waals surface area (Å²) in [6.45, 7) is 13.3. The lowest BCUT2D eigenvalue weighted by molar-refractivity contribution is -0.0433. The summed E-state index contributed by atoms with van der Waals surface area (Å²) in [5, 5.41) is 0. The van der Waals surface area contributed by atoms with Crippen LogP contribution in [0.3, 0.4) is 0 Å². The van der Waals surface area contributed by atoms with E-state index in [0.29, 0.717) is 31.0 Å². The zero-order chi connectivity index (χ0) is 19.3. The highest BCUT2D eigenvalue weighted by molar-refractivity contribution is 6.01. The van der Waals surface area contributed by atoms with Crippen molar-refractivity contribution in [2.24, 2.45) is 0 Å². The monoisotopic (exact) mass is 360 g/mol. The summed E-state index contributed by atoms with van der Waals surface area (Å²) in [5.74, 6) is 0.109. The first-order valence-corrected chi connectivity index (χ1v) is 8.39. The average molecular weight is 360 g/mol. The van der Waals surface area contributed by atoms with Gasteiger partial charge < -0.3 is 24.0 Å². The van der Waals surface area contributed by atoms with E-state index in [1.807, 2.05) is 20.8 Å². The number of ether oxygens (including phenoxy) is 3. The first kappa shape index (κ1) is 19.7. The van der Waals surface area contributed by atoms with Crippen molar-refractivity contribution in [1.29, 1.82) is 0 Å². The summed E-state index contributed by atoms with van der Waals surface area (Å²) < 4.78 is 16.5. The van der Waals surface area contributed by atoms with Gasteiger partial charge in [0.15, 0.2) is 0 Å². The van der Waals surface area contributed by atoms with Gasteiger partial charge in [0.25, 0.3) is 6.54 Å². The molecule has 1 aliphatic heterocycles. The normalized spacial score (nSPS) is 17.3. The number of carbonyl (C=O) groups is 2. The van der Waals surface area contributed by atoms with Crippen molar-refractivity contribution in [3.8, 4) is 5.75 Å². The van der Waals surface area contributed by atoms with E-state index in [9.17, 15) is 9.59 Å². The second-order valence-electron chi connectivity index (χ2n) is 6.98. The van der Waals surface area contributed by atoms with Gasteiger partial charge in [0.05, 0.1) is 25.8 Å². The smallest absolute Gasteiger partial charge is 0.410 e. The predicted octanol–water partition coefficient (Wildman–Crippen LogP) is 3.11. The van der Waals surface area contributed by atoms with Crippen LogP contribution < -0.4 is 4.74 Å². The number of nitrogens with zero attached hydrogens (tertiary/aromatic N) is 2. The third kappa shape index (κ3) is 4.96. The molecule has 0 spiro atoms. The first-order valence-electron chi connectivity index (χ1n) is 8.39. The van der Waals surface area contributed by atoms with Crippen molar-refractivity contribution < 1.29 is 23.8 Å². The molecule has 1 heterocycles. The number of hydrogen-bond donors (Lipinski definition) is 0. The second-order valence-corrected chi connectivity index (χ2v) is 6.98. The number of Topliss-reactive ketones (excluding diaryl/α,β-unsaturated/α-hetero) is 1. The Kier molecular flexibility index (Phi) is 6.22. The van der Waals surface area contributed by atoms with Crippen LogP contribution in [0.4, 0.5) is 4.79 Å². The molecule has 1 atom stereocenters. The number of carbonyl (C=O) groups excluding carboxylic acids is 2. The number of rotatable bonds is 4. The van der Waals surface area contributed by atoms with Crippen molar-refractivity contribution >= 4 is 11.9 Å². The Balaban J connectivity index is 2.16.